The number of rotatable bonds is 9. The number of ether oxygens (including phenoxy) is 2. The number of carbonyl (C=O) groups is 3. The molecule has 0 aliphatic carbocycles. The van der Waals surface area contributed by atoms with Crippen molar-refractivity contribution in [2.45, 2.75) is 38.8 Å². The number of nitrogens with one attached hydrogen (secondary N) is 1. The number of esters is 2. The first-order valence-electron chi connectivity index (χ1n) is 10.6. The Balaban J connectivity index is 1.83. The minimum Gasteiger partial charge on any atom is -0.466 e. The molecule has 2 aromatic rings. The predicted molar refractivity (Wildman–Crippen MR) is 120 cm³/mol. The van der Waals surface area contributed by atoms with Crippen molar-refractivity contribution in [1.29, 1.82) is 0 Å². The van der Waals surface area contributed by atoms with E-state index in [2.05, 4.69) is 10.4 Å². The van der Waals surface area contributed by atoms with Crippen LogP contribution in [0.3, 0.4) is 0 Å². The number of hydrazone groups is 1. The molecule has 2 aromatic carbocycles. The number of anilines is 1. The van der Waals surface area contributed by atoms with Crippen molar-refractivity contribution < 1.29 is 23.9 Å². The molecule has 0 saturated heterocycles. The molecule has 0 aromatic heterocycles. The van der Waals surface area contributed by atoms with Crippen LogP contribution < -0.4 is 10.3 Å². The number of benzene rings is 2. The van der Waals surface area contributed by atoms with Crippen LogP contribution >= 0.6 is 0 Å². The average molecular weight is 437 g/mol. The lowest BCUT2D eigenvalue weighted by Crippen LogP contribution is -2.44. The maximum absolute atomic E-state index is 13.3. The van der Waals surface area contributed by atoms with Crippen LogP contribution in [0.5, 0.6) is 0 Å². The third-order valence-corrected chi connectivity index (χ3v) is 4.94. The van der Waals surface area contributed by atoms with E-state index in [1.165, 1.54) is 5.01 Å². The van der Waals surface area contributed by atoms with E-state index >= 15 is 0 Å². The first-order chi connectivity index (χ1) is 15.5. The zero-order valence-electron chi connectivity index (χ0n) is 18.2. The van der Waals surface area contributed by atoms with Crippen molar-refractivity contribution in [3.63, 3.8) is 0 Å². The van der Waals surface area contributed by atoms with Crippen LogP contribution in [0.4, 0.5) is 5.69 Å². The maximum atomic E-state index is 13.3. The normalized spacial score (nSPS) is 16.1. The van der Waals surface area contributed by atoms with Crippen molar-refractivity contribution in [1.82, 2.24) is 5.32 Å². The number of hydrogen-bond acceptors (Lipinski definition) is 7. The summed E-state index contributed by atoms with van der Waals surface area (Å²) in [6.45, 7) is 3.93. The lowest BCUT2D eigenvalue weighted by Gasteiger charge is -2.26. The Morgan fingerprint density at radius 2 is 1.62 bits per heavy atom. The number of para-hydroxylation sites is 1. The van der Waals surface area contributed by atoms with E-state index in [-0.39, 0.29) is 37.7 Å². The third-order valence-electron chi connectivity index (χ3n) is 4.94. The summed E-state index contributed by atoms with van der Waals surface area (Å²) in [5.41, 5.74) is 1.64. The zero-order valence-corrected chi connectivity index (χ0v) is 18.2. The molecule has 1 heterocycles. The van der Waals surface area contributed by atoms with Gasteiger partial charge in [0, 0.05) is 6.42 Å². The third kappa shape index (κ3) is 5.72. The van der Waals surface area contributed by atoms with Gasteiger partial charge < -0.3 is 14.8 Å². The molecule has 0 radical (unpaired) electrons. The van der Waals surface area contributed by atoms with Gasteiger partial charge in [-0.3, -0.25) is 14.6 Å². The topological polar surface area (TPSA) is 97.3 Å². The number of carbonyl (C=O) groups excluding carboxylic acids is 3. The monoisotopic (exact) mass is 437 g/mol. The van der Waals surface area contributed by atoms with Crippen molar-refractivity contribution in [3.05, 3.63) is 66.2 Å². The van der Waals surface area contributed by atoms with E-state index in [9.17, 15) is 14.4 Å². The summed E-state index contributed by atoms with van der Waals surface area (Å²) in [5.74, 6) is -1.30. The number of hydrogen-bond donors (Lipinski definition) is 1. The fourth-order valence-electron chi connectivity index (χ4n) is 3.46. The van der Waals surface area contributed by atoms with E-state index in [1.54, 1.807) is 13.8 Å². The molecule has 1 aliphatic heterocycles. The molecule has 0 bridgehead atoms. The second-order valence-electron chi connectivity index (χ2n) is 7.15. The van der Waals surface area contributed by atoms with Gasteiger partial charge in [-0.15, -0.1) is 0 Å². The van der Waals surface area contributed by atoms with Gasteiger partial charge in [-0.05, 0) is 31.5 Å². The van der Waals surface area contributed by atoms with Crippen molar-refractivity contribution in [2.75, 3.05) is 18.2 Å². The molecule has 0 fully saturated rings. The van der Waals surface area contributed by atoms with Gasteiger partial charge in [0.2, 0.25) is 5.91 Å². The largest absolute Gasteiger partial charge is 0.466 e. The summed E-state index contributed by atoms with van der Waals surface area (Å²) in [7, 11) is 0. The van der Waals surface area contributed by atoms with Gasteiger partial charge in [0.25, 0.3) is 0 Å². The SMILES string of the molecule is CCOC(=O)CC(NC(=O)C1CC(C(=O)OCC)=NN1c1ccccc1)c1ccccc1. The van der Waals surface area contributed by atoms with Crippen LogP contribution in [-0.2, 0) is 23.9 Å². The van der Waals surface area contributed by atoms with Crippen molar-refractivity contribution in [3.8, 4) is 0 Å². The molecule has 32 heavy (non-hydrogen) atoms. The van der Waals surface area contributed by atoms with Gasteiger partial charge in [0.15, 0.2) is 0 Å². The second-order valence-corrected chi connectivity index (χ2v) is 7.15. The fraction of sp³-hybridized carbons (Fsp3) is 0.333. The molecule has 2 atom stereocenters. The Hall–Kier alpha value is -3.68. The van der Waals surface area contributed by atoms with Gasteiger partial charge in [-0.2, -0.15) is 5.10 Å². The highest BCUT2D eigenvalue weighted by Gasteiger charge is 2.38. The summed E-state index contributed by atoms with van der Waals surface area (Å²) in [6, 6.07) is 17.0. The van der Waals surface area contributed by atoms with Crippen LogP contribution in [-0.4, -0.2) is 42.8 Å². The van der Waals surface area contributed by atoms with Gasteiger partial charge >= 0.3 is 11.9 Å². The summed E-state index contributed by atoms with van der Waals surface area (Å²) in [6.07, 6.45) is 0.0910. The zero-order chi connectivity index (χ0) is 22.9. The van der Waals surface area contributed by atoms with Gasteiger partial charge in [0.1, 0.15) is 11.8 Å². The van der Waals surface area contributed by atoms with Gasteiger partial charge in [0.05, 0.1) is 31.4 Å². The molecule has 2 unspecified atom stereocenters. The Morgan fingerprint density at radius 3 is 2.25 bits per heavy atom. The Kier molecular flexibility index (Phi) is 7.96. The van der Waals surface area contributed by atoms with Crippen molar-refractivity contribution in [2.24, 2.45) is 5.10 Å². The molecule has 0 spiro atoms. The van der Waals surface area contributed by atoms with Crippen molar-refractivity contribution >= 4 is 29.2 Å². The quantitative estimate of drug-likeness (QED) is 0.606. The summed E-state index contributed by atoms with van der Waals surface area (Å²) in [5, 5.41) is 8.84. The molecular formula is C24H27N3O5. The fourth-order valence-corrected chi connectivity index (χ4v) is 3.46. The van der Waals surface area contributed by atoms with E-state index in [0.717, 1.165) is 5.56 Å². The minimum absolute atomic E-state index is 0.00671. The highest BCUT2D eigenvalue weighted by molar-refractivity contribution is 6.38. The van der Waals surface area contributed by atoms with E-state index in [4.69, 9.17) is 9.47 Å². The minimum atomic E-state index is -0.759. The molecule has 0 saturated carbocycles. The van der Waals surface area contributed by atoms with E-state index in [0.29, 0.717) is 5.69 Å². The van der Waals surface area contributed by atoms with Crippen LogP contribution in [0.2, 0.25) is 0 Å². The first-order valence-corrected chi connectivity index (χ1v) is 10.6. The smallest absolute Gasteiger partial charge is 0.354 e. The Labute approximate surface area is 187 Å². The first kappa shape index (κ1) is 23.0. The van der Waals surface area contributed by atoms with Crippen LogP contribution in [0, 0.1) is 0 Å². The molecule has 8 nitrogen and oxygen atoms in total. The lowest BCUT2D eigenvalue weighted by molar-refractivity contribution is -0.144. The second kappa shape index (κ2) is 11.1. The highest BCUT2D eigenvalue weighted by Crippen LogP contribution is 2.26. The molecule has 1 N–H and O–H groups in total. The summed E-state index contributed by atoms with van der Waals surface area (Å²) < 4.78 is 10.2. The summed E-state index contributed by atoms with van der Waals surface area (Å²) in [4.78, 5) is 37.8. The lowest BCUT2D eigenvalue weighted by atomic mass is 10.0. The van der Waals surface area contributed by atoms with E-state index < -0.39 is 24.0 Å². The molecule has 1 amide bonds. The Morgan fingerprint density at radius 1 is 1.00 bits per heavy atom. The molecule has 8 heteroatoms. The van der Waals surface area contributed by atoms with Crippen LogP contribution in [0.25, 0.3) is 0 Å². The van der Waals surface area contributed by atoms with Gasteiger partial charge in [-0.1, -0.05) is 48.5 Å². The molecular weight excluding hydrogens is 410 g/mol. The van der Waals surface area contributed by atoms with E-state index in [1.807, 2.05) is 60.7 Å². The predicted octanol–water partition coefficient (Wildman–Crippen LogP) is 3.00. The standard InChI is InChI=1S/C24H27N3O5/c1-3-31-22(28)16-19(17-11-7-5-8-12-17)25-23(29)21-15-20(24(30)32-4-2)26-27(21)18-13-9-6-10-14-18/h5-14,19,21H,3-4,15-16H2,1-2H3,(H,25,29). The number of amides is 1. The molecule has 3 rings (SSSR count). The maximum Gasteiger partial charge on any atom is 0.354 e. The van der Waals surface area contributed by atoms with Crippen LogP contribution in [0.15, 0.2) is 65.8 Å². The highest BCUT2D eigenvalue weighted by atomic mass is 16.5. The molecule has 168 valence electrons. The summed E-state index contributed by atoms with van der Waals surface area (Å²) >= 11 is 0. The number of nitrogens with zero attached hydrogens (tertiary/aromatic N) is 2. The average Bonchev–Trinajstić information content (AvgIpc) is 3.26. The molecule has 1 aliphatic rings. The van der Waals surface area contributed by atoms with Crippen LogP contribution in [0.1, 0.15) is 38.3 Å². The Bertz CT molecular complexity index is 962. The van der Waals surface area contributed by atoms with Gasteiger partial charge in [-0.25, -0.2) is 4.79 Å².